The normalized spacial score (nSPS) is 21.4. The highest BCUT2D eigenvalue weighted by Gasteiger charge is 2.64. The number of nitrogens with two attached hydrogens (primary N) is 2. The summed E-state index contributed by atoms with van der Waals surface area (Å²) in [5.41, 5.74) is 13.1. The van der Waals surface area contributed by atoms with Crippen molar-refractivity contribution in [2.24, 2.45) is 17.4 Å². The van der Waals surface area contributed by atoms with Crippen LogP contribution in [0.15, 0.2) is 70.2 Å². The third kappa shape index (κ3) is 5.89. The smallest absolute Gasteiger partial charge is 0.417 e. The largest absolute Gasteiger partial charge is 0.467 e. The molecular formula is C28H29ClF3N9O2. The van der Waals surface area contributed by atoms with Crippen molar-refractivity contribution >= 4 is 11.6 Å². The Morgan fingerprint density at radius 2 is 1.60 bits per heavy atom. The van der Waals surface area contributed by atoms with Gasteiger partial charge in [-0.3, -0.25) is 37.4 Å². The van der Waals surface area contributed by atoms with Gasteiger partial charge in [0, 0.05) is 25.5 Å². The van der Waals surface area contributed by atoms with Gasteiger partial charge in [-0.05, 0) is 55.3 Å². The monoisotopic (exact) mass is 615 g/mol. The van der Waals surface area contributed by atoms with E-state index in [9.17, 15) is 18.4 Å². The van der Waals surface area contributed by atoms with Gasteiger partial charge in [-0.1, -0.05) is 17.7 Å². The van der Waals surface area contributed by atoms with Crippen LogP contribution in [-0.4, -0.2) is 21.7 Å². The minimum absolute atomic E-state index is 0.0822. The summed E-state index contributed by atoms with van der Waals surface area (Å²) in [7, 11) is 0. The Labute approximate surface area is 249 Å². The van der Waals surface area contributed by atoms with E-state index in [0.29, 0.717) is 11.9 Å². The molecule has 15 heteroatoms. The molecule has 4 aromatic rings. The number of nitrogens with zero attached hydrogens (tertiary/aromatic N) is 3. The van der Waals surface area contributed by atoms with Crippen LogP contribution in [-0.2, 0) is 24.8 Å². The number of furan rings is 2. The number of halogens is 4. The Morgan fingerprint density at radius 3 is 2.12 bits per heavy atom. The van der Waals surface area contributed by atoms with Gasteiger partial charge in [-0.15, -0.1) is 0 Å². The number of aromatic nitrogens is 2. The van der Waals surface area contributed by atoms with Crippen molar-refractivity contribution in [3.63, 3.8) is 0 Å². The lowest BCUT2D eigenvalue weighted by molar-refractivity contribution is -0.137. The Morgan fingerprint density at radius 1 is 1.00 bits per heavy atom. The summed E-state index contributed by atoms with van der Waals surface area (Å²) in [4.78, 5) is 8.47. The first-order chi connectivity index (χ1) is 20.3. The average Bonchev–Trinajstić information content (AvgIpc) is 3.66. The van der Waals surface area contributed by atoms with E-state index in [1.807, 2.05) is 19.9 Å². The SMILES string of the molecule is Cc1cnc(CNC2(NCc3ncc(C(F)(F)F)cc3Cl)NC(N)(N)NC(c3ccco3)(c3ccco3)C2C#N)c(C)c1. The summed E-state index contributed by atoms with van der Waals surface area (Å²) in [5.74, 6) is -4.25. The number of aryl methyl sites for hydroxylation is 2. The van der Waals surface area contributed by atoms with Crippen molar-refractivity contribution in [1.29, 1.82) is 5.26 Å². The highest BCUT2D eigenvalue weighted by Crippen LogP contribution is 2.44. The third-order valence-electron chi connectivity index (χ3n) is 7.26. The molecule has 4 aromatic heterocycles. The van der Waals surface area contributed by atoms with Crippen LogP contribution in [0.1, 0.15) is 39.6 Å². The summed E-state index contributed by atoms with van der Waals surface area (Å²) in [5, 5.41) is 23.3. The quantitative estimate of drug-likeness (QED) is 0.160. The second-order valence-corrected chi connectivity index (χ2v) is 10.8. The molecule has 2 atom stereocenters. The van der Waals surface area contributed by atoms with Gasteiger partial charge in [-0.2, -0.15) is 18.4 Å². The summed E-state index contributed by atoms with van der Waals surface area (Å²) in [6.45, 7) is 3.71. The van der Waals surface area contributed by atoms with Gasteiger partial charge in [0.1, 0.15) is 23.2 Å². The third-order valence-corrected chi connectivity index (χ3v) is 7.59. The van der Waals surface area contributed by atoms with Crippen molar-refractivity contribution in [3.05, 3.63) is 106 Å². The number of hydrogen-bond donors (Lipinski definition) is 6. The maximum absolute atomic E-state index is 13.3. The van der Waals surface area contributed by atoms with Crippen molar-refractivity contribution in [2.45, 2.75) is 50.3 Å². The zero-order valence-corrected chi connectivity index (χ0v) is 23.8. The Kier molecular flexibility index (Phi) is 8.09. The molecule has 1 aliphatic heterocycles. The van der Waals surface area contributed by atoms with E-state index in [1.165, 1.54) is 12.5 Å². The Bertz CT molecular complexity index is 1590. The first kappa shape index (κ1) is 30.6. The standard InChI is InChI=1S/C28H29ClF3N9O2/c1-16-9-17(2)20(36-12-16)14-38-27(39-15-21-19(29)10-18(13-37-21)26(30,31)32)22(11-33)25(23-5-3-7-42-23,24-6-4-8-43-24)40-28(34,35)41-27/h3-10,12-13,22,38-41H,14-15,34-35H2,1-2H3. The molecule has 1 fully saturated rings. The molecule has 0 amide bonds. The average molecular weight is 616 g/mol. The maximum Gasteiger partial charge on any atom is 0.417 e. The molecule has 8 N–H and O–H groups in total. The Hall–Kier alpha value is -3.81. The molecule has 0 spiro atoms. The number of rotatable bonds is 8. The number of pyridine rings is 2. The minimum Gasteiger partial charge on any atom is -0.467 e. The molecule has 0 bridgehead atoms. The van der Waals surface area contributed by atoms with Gasteiger partial charge in [-0.25, -0.2) is 5.32 Å². The van der Waals surface area contributed by atoms with Crippen molar-refractivity contribution in [3.8, 4) is 6.07 Å². The molecule has 0 saturated carbocycles. The maximum atomic E-state index is 13.3. The van der Waals surface area contributed by atoms with Crippen LogP contribution in [0.2, 0.25) is 5.02 Å². The lowest BCUT2D eigenvalue weighted by Gasteiger charge is -2.56. The first-order valence-electron chi connectivity index (χ1n) is 13.1. The van der Waals surface area contributed by atoms with E-state index in [-0.39, 0.29) is 35.3 Å². The van der Waals surface area contributed by atoms with Gasteiger partial charge in [0.05, 0.1) is 40.6 Å². The van der Waals surface area contributed by atoms with Crippen molar-refractivity contribution in [1.82, 2.24) is 31.2 Å². The number of nitriles is 1. The molecule has 0 aromatic carbocycles. The zero-order chi connectivity index (χ0) is 31.0. The van der Waals surface area contributed by atoms with Crippen LogP contribution in [0.5, 0.6) is 0 Å². The second kappa shape index (κ2) is 11.4. The molecular weight excluding hydrogens is 587 g/mol. The second-order valence-electron chi connectivity index (χ2n) is 10.4. The summed E-state index contributed by atoms with van der Waals surface area (Å²) in [6.07, 6.45) is 0.630. The predicted molar refractivity (Wildman–Crippen MR) is 149 cm³/mol. The lowest BCUT2D eigenvalue weighted by atomic mass is 9.73. The predicted octanol–water partition coefficient (Wildman–Crippen LogP) is 3.29. The lowest BCUT2D eigenvalue weighted by Crippen LogP contribution is -2.91. The molecule has 11 nitrogen and oxygen atoms in total. The van der Waals surface area contributed by atoms with Gasteiger partial charge in [0.15, 0.2) is 11.4 Å². The van der Waals surface area contributed by atoms with Gasteiger partial charge >= 0.3 is 6.18 Å². The Balaban J connectivity index is 1.63. The van der Waals surface area contributed by atoms with Gasteiger partial charge in [0.2, 0.25) is 0 Å². The fraction of sp³-hybridized carbons (Fsp3) is 0.321. The number of alkyl halides is 3. The number of nitrogens with one attached hydrogen (secondary N) is 4. The molecule has 0 aliphatic carbocycles. The zero-order valence-electron chi connectivity index (χ0n) is 23.1. The molecule has 5 rings (SSSR count). The van der Waals surface area contributed by atoms with E-state index in [0.717, 1.165) is 17.2 Å². The molecule has 0 radical (unpaired) electrons. The fourth-order valence-electron chi connectivity index (χ4n) is 5.36. The van der Waals surface area contributed by atoms with Crippen LogP contribution in [0, 0.1) is 31.1 Å². The van der Waals surface area contributed by atoms with Crippen LogP contribution in [0.25, 0.3) is 0 Å². The van der Waals surface area contributed by atoms with Crippen LogP contribution in [0.4, 0.5) is 13.2 Å². The fourth-order valence-corrected chi connectivity index (χ4v) is 5.60. The van der Waals surface area contributed by atoms with Crippen LogP contribution in [0.3, 0.4) is 0 Å². The highest BCUT2D eigenvalue weighted by molar-refractivity contribution is 6.31. The van der Waals surface area contributed by atoms with E-state index >= 15 is 0 Å². The first-order valence-corrected chi connectivity index (χ1v) is 13.5. The topological polar surface area (TPSA) is 176 Å². The molecule has 1 saturated heterocycles. The molecule has 226 valence electrons. The molecule has 43 heavy (non-hydrogen) atoms. The van der Waals surface area contributed by atoms with E-state index in [2.05, 4.69) is 37.3 Å². The molecule has 5 heterocycles. The summed E-state index contributed by atoms with van der Waals surface area (Å²) in [6, 6.07) is 11.7. The summed E-state index contributed by atoms with van der Waals surface area (Å²) >= 11 is 6.24. The van der Waals surface area contributed by atoms with Crippen molar-refractivity contribution in [2.75, 3.05) is 0 Å². The summed E-state index contributed by atoms with van der Waals surface area (Å²) < 4.78 is 51.4. The minimum atomic E-state index is -4.63. The van der Waals surface area contributed by atoms with Crippen molar-refractivity contribution < 1.29 is 22.0 Å². The van der Waals surface area contributed by atoms with Crippen LogP contribution < -0.4 is 32.7 Å². The number of hydrogen-bond acceptors (Lipinski definition) is 11. The van der Waals surface area contributed by atoms with Crippen LogP contribution >= 0.6 is 11.6 Å². The highest BCUT2D eigenvalue weighted by atomic mass is 35.5. The van der Waals surface area contributed by atoms with Gasteiger partial charge in [0.25, 0.3) is 0 Å². The molecule has 2 unspecified atom stereocenters. The van der Waals surface area contributed by atoms with E-state index in [4.69, 9.17) is 31.9 Å². The van der Waals surface area contributed by atoms with E-state index in [1.54, 1.807) is 30.5 Å². The molecule has 1 aliphatic rings. The van der Waals surface area contributed by atoms with E-state index < -0.39 is 34.9 Å². The van der Waals surface area contributed by atoms with Gasteiger partial charge < -0.3 is 8.83 Å².